The molecule has 3 heterocycles. The number of likely N-dealkylation sites (N-methyl/N-ethyl adjacent to an activating group) is 1. The van der Waals surface area contributed by atoms with E-state index >= 15 is 0 Å². The summed E-state index contributed by atoms with van der Waals surface area (Å²) >= 11 is 0. The minimum Gasteiger partial charge on any atom is -0.339 e. The normalized spacial score (nSPS) is 20.6. The van der Waals surface area contributed by atoms with Gasteiger partial charge < -0.3 is 15.1 Å². The van der Waals surface area contributed by atoms with Gasteiger partial charge in [0.2, 0.25) is 5.91 Å². The summed E-state index contributed by atoms with van der Waals surface area (Å²) in [7, 11) is 1.61. The number of benzene rings is 2. The summed E-state index contributed by atoms with van der Waals surface area (Å²) in [6.07, 6.45) is 0.976. The number of hydrogen-bond acceptors (Lipinski definition) is 4. The van der Waals surface area contributed by atoms with E-state index in [9.17, 15) is 18.8 Å². The van der Waals surface area contributed by atoms with Crippen LogP contribution in [0.4, 0.5) is 9.18 Å². The van der Waals surface area contributed by atoms with Crippen molar-refractivity contribution in [2.24, 2.45) is 0 Å². The fourth-order valence-electron chi connectivity index (χ4n) is 5.07. The number of carbonyl (C=O) groups is 3. The van der Waals surface area contributed by atoms with Crippen LogP contribution >= 0.6 is 0 Å². The van der Waals surface area contributed by atoms with Crippen LogP contribution in [0, 0.1) is 5.82 Å². The average molecular weight is 492 g/mol. The molecule has 9 heteroatoms. The second-order valence-electron chi connectivity index (χ2n) is 9.47. The first-order chi connectivity index (χ1) is 17.4. The molecule has 2 aromatic carbocycles. The van der Waals surface area contributed by atoms with E-state index < -0.39 is 11.9 Å². The molecule has 0 aliphatic carbocycles. The Morgan fingerprint density at radius 2 is 1.69 bits per heavy atom. The lowest BCUT2D eigenvalue weighted by molar-refractivity contribution is -0.138. The Labute approximate surface area is 209 Å². The zero-order valence-electron chi connectivity index (χ0n) is 20.3. The van der Waals surface area contributed by atoms with Gasteiger partial charge in [-0.3, -0.25) is 19.4 Å². The fourth-order valence-corrected chi connectivity index (χ4v) is 5.07. The molecule has 8 nitrogen and oxygen atoms in total. The summed E-state index contributed by atoms with van der Waals surface area (Å²) < 4.78 is 13.4. The third kappa shape index (κ3) is 4.83. The summed E-state index contributed by atoms with van der Waals surface area (Å²) in [6, 6.07) is 15.1. The number of nitrogens with zero attached hydrogens (tertiary/aromatic N) is 4. The Morgan fingerprint density at radius 1 is 1.00 bits per heavy atom. The van der Waals surface area contributed by atoms with E-state index in [1.54, 1.807) is 19.2 Å². The second kappa shape index (κ2) is 10.1. The predicted molar refractivity (Wildman–Crippen MR) is 132 cm³/mol. The Balaban J connectivity index is 1.19. The molecular weight excluding hydrogens is 461 g/mol. The van der Waals surface area contributed by atoms with Crippen molar-refractivity contribution in [1.82, 2.24) is 24.9 Å². The number of hydrogen-bond donors (Lipinski definition) is 1. The molecular formula is C27H30FN5O3. The quantitative estimate of drug-likeness (QED) is 0.671. The first-order valence-electron chi connectivity index (χ1n) is 12.3. The minimum absolute atomic E-state index is 0.0337. The molecule has 4 amide bonds. The van der Waals surface area contributed by atoms with Crippen LogP contribution in [0.2, 0.25) is 0 Å². The Bertz CT molecular complexity index is 1180. The third-order valence-electron chi connectivity index (χ3n) is 7.25. The molecule has 0 radical (unpaired) electrons. The maximum absolute atomic E-state index is 13.4. The van der Waals surface area contributed by atoms with Crippen molar-refractivity contribution in [3.8, 4) is 0 Å². The highest BCUT2D eigenvalue weighted by Crippen LogP contribution is 2.35. The zero-order valence-corrected chi connectivity index (χ0v) is 20.3. The summed E-state index contributed by atoms with van der Waals surface area (Å²) in [4.78, 5) is 46.1. The lowest BCUT2D eigenvalue weighted by atomic mass is 9.96. The molecule has 5 rings (SSSR count). The smallest absolute Gasteiger partial charge is 0.322 e. The largest absolute Gasteiger partial charge is 0.339 e. The van der Waals surface area contributed by atoms with Gasteiger partial charge in [0.25, 0.3) is 5.91 Å². The monoisotopic (exact) mass is 491 g/mol. The molecule has 1 fully saturated rings. The van der Waals surface area contributed by atoms with Crippen LogP contribution in [0.1, 0.15) is 17.2 Å². The molecule has 1 saturated heterocycles. The van der Waals surface area contributed by atoms with E-state index in [1.807, 2.05) is 23.1 Å². The number of urea groups is 1. The Morgan fingerprint density at radius 3 is 2.39 bits per heavy atom. The van der Waals surface area contributed by atoms with Crippen LogP contribution in [-0.4, -0.2) is 90.3 Å². The van der Waals surface area contributed by atoms with E-state index in [2.05, 4.69) is 22.3 Å². The van der Waals surface area contributed by atoms with Gasteiger partial charge in [0.05, 0.1) is 23.9 Å². The predicted octanol–water partition coefficient (Wildman–Crippen LogP) is 2.00. The topological polar surface area (TPSA) is 76.2 Å². The minimum atomic E-state index is -0.676. The molecule has 0 saturated carbocycles. The van der Waals surface area contributed by atoms with Gasteiger partial charge in [-0.15, -0.1) is 0 Å². The average Bonchev–Trinajstić information content (AvgIpc) is 3.22. The molecule has 1 N–H and O–H groups in total. The fraction of sp³-hybridized carbons (Fsp3) is 0.370. The maximum atomic E-state index is 13.4. The van der Waals surface area contributed by atoms with Crippen molar-refractivity contribution in [2.75, 3.05) is 52.9 Å². The molecule has 2 aromatic rings. The van der Waals surface area contributed by atoms with Gasteiger partial charge >= 0.3 is 6.03 Å². The van der Waals surface area contributed by atoms with Gasteiger partial charge in [-0.1, -0.05) is 42.5 Å². The highest BCUT2D eigenvalue weighted by Gasteiger charge is 2.43. The van der Waals surface area contributed by atoms with E-state index in [1.165, 1.54) is 27.5 Å². The van der Waals surface area contributed by atoms with Crippen LogP contribution in [0.15, 0.2) is 65.9 Å². The Hall–Kier alpha value is -3.72. The van der Waals surface area contributed by atoms with E-state index in [0.29, 0.717) is 29.9 Å². The number of amides is 4. The first-order valence-corrected chi connectivity index (χ1v) is 12.3. The van der Waals surface area contributed by atoms with E-state index in [0.717, 1.165) is 26.1 Å². The lowest BCUT2D eigenvalue weighted by Gasteiger charge is -2.35. The van der Waals surface area contributed by atoms with Gasteiger partial charge in [-0.25, -0.2) is 9.18 Å². The van der Waals surface area contributed by atoms with Gasteiger partial charge in [-0.05, 0) is 29.7 Å². The number of nitrogens with one attached hydrogen (secondary N) is 1. The van der Waals surface area contributed by atoms with Crippen LogP contribution in [0.5, 0.6) is 0 Å². The molecule has 0 spiro atoms. The third-order valence-corrected chi connectivity index (χ3v) is 7.25. The van der Waals surface area contributed by atoms with Crippen LogP contribution in [-0.2, 0) is 16.0 Å². The maximum Gasteiger partial charge on any atom is 0.322 e. The number of carbonyl (C=O) groups excluding carboxylic acids is 3. The highest BCUT2D eigenvalue weighted by molar-refractivity contribution is 6.02. The molecule has 0 bridgehead atoms. The van der Waals surface area contributed by atoms with Crippen LogP contribution in [0.25, 0.3) is 0 Å². The van der Waals surface area contributed by atoms with Gasteiger partial charge in [0.15, 0.2) is 0 Å². The van der Waals surface area contributed by atoms with Crippen molar-refractivity contribution in [1.29, 1.82) is 0 Å². The SMILES string of the molecule is CN1C(=O)N[C@@H](c2ccc(F)cc2)C2=C1CN(CC(=O)N1CCN(CCc3ccccc3)CC1)C2=O. The number of rotatable bonds is 6. The zero-order chi connectivity index (χ0) is 25.2. The molecule has 0 aromatic heterocycles. The molecule has 3 aliphatic rings. The molecule has 0 unspecified atom stereocenters. The van der Waals surface area contributed by atoms with Crippen molar-refractivity contribution >= 4 is 17.8 Å². The van der Waals surface area contributed by atoms with Crippen molar-refractivity contribution in [3.05, 3.63) is 82.8 Å². The summed E-state index contributed by atoms with van der Waals surface area (Å²) in [5, 5.41) is 2.83. The summed E-state index contributed by atoms with van der Waals surface area (Å²) in [5.74, 6) is -0.760. The second-order valence-corrected chi connectivity index (χ2v) is 9.47. The van der Waals surface area contributed by atoms with Crippen molar-refractivity contribution < 1.29 is 18.8 Å². The first kappa shape index (κ1) is 24.0. The van der Waals surface area contributed by atoms with E-state index in [-0.39, 0.29) is 30.9 Å². The standard InChI is InChI=1S/C27H30FN5O3/c1-30-22-17-33(26(35)24(22)25(29-27(30)36)20-7-9-21(28)10-8-20)18-23(34)32-15-13-31(14-16-32)12-11-19-5-3-2-4-6-19/h2-10,25H,11-18H2,1H3,(H,29,36)/t25-/m0/s1. The number of halogens is 1. The van der Waals surface area contributed by atoms with Crippen LogP contribution in [0.3, 0.4) is 0 Å². The highest BCUT2D eigenvalue weighted by atomic mass is 19.1. The van der Waals surface area contributed by atoms with Crippen molar-refractivity contribution in [3.63, 3.8) is 0 Å². The van der Waals surface area contributed by atoms with E-state index in [4.69, 9.17) is 0 Å². The van der Waals surface area contributed by atoms with Gasteiger partial charge in [-0.2, -0.15) is 0 Å². The Kier molecular flexibility index (Phi) is 6.73. The molecule has 36 heavy (non-hydrogen) atoms. The summed E-state index contributed by atoms with van der Waals surface area (Å²) in [6.45, 7) is 3.96. The number of piperazine rings is 1. The lowest BCUT2D eigenvalue weighted by Crippen LogP contribution is -2.51. The molecule has 3 aliphatic heterocycles. The molecule has 1 atom stereocenters. The van der Waals surface area contributed by atoms with Gasteiger partial charge in [0.1, 0.15) is 12.4 Å². The summed E-state index contributed by atoms with van der Waals surface area (Å²) in [5.41, 5.74) is 2.94. The van der Waals surface area contributed by atoms with Crippen LogP contribution < -0.4 is 5.32 Å². The van der Waals surface area contributed by atoms with Crippen molar-refractivity contribution in [2.45, 2.75) is 12.5 Å². The van der Waals surface area contributed by atoms with Gasteiger partial charge in [0, 0.05) is 39.8 Å². The molecule has 188 valence electrons.